The van der Waals surface area contributed by atoms with Crippen molar-refractivity contribution in [1.82, 2.24) is 4.98 Å². The smallest absolute Gasteiger partial charge is 0.357 e. The maximum absolute atomic E-state index is 10.6. The van der Waals surface area contributed by atoms with E-state index < -0.39 is 5.97 Å². The van der Waals surface area contributed by atoms with Crippen LogP contribution in [0.3, 0.4) is 0 Å². The molecule has 1 heterocycles. The van der Waals surface area contributed by atoms with Crippen molar-refractivity contribution in [3.63, 3.8) is 0 Å². The molecule has 5 heteroatoms. The molecule has 1 fully saturated rings. The molecule has 0 aliphatic heterocycles. The predicted molar refractivity (Wildman–Crippen MR) is 57.2 cm³/mol. The molecule has 84 valence electrons. The van der Waals surface area contributed by atoms with Gasteiger partial charge in [-0.3, -0.25) is 0 Å². The highest BCUT2D eigenvalue weighted by Gasteiger charge is 2.26. The van der Waals surface area contributed by atoms with Crippen LogP contribution in [0, 0.1) is 18.3 Å². The molecule has 1 aliphatic rings. The van der Waals surface area contributed by atoms with Crippen LogP contribution in [0.4, 0.5) is 6.01 Å². The molecule has 16 heavy (non-hydrogen) atoms. The van der Waals surface area contributed by atoms with Crippen molar-refractivity contribution in [2.75, 3.05) is 18.0 Å². The van der Waals surface area contributed by atoms with E-state index in [2.05, 4.69) is 10.9 Å². The van der Waals surface area contributed by atoms with Crippen molar-refractivity contribution in [1.29, 1.82) is 0 Å². The summed E-state index contributed by atoms with van der Waals surface area (Å²) in [6.45, 7) is 1.17. The van der Waals surface area contributed by atoms with Gasteiger partial charge in [-0.15, -0.1) is 6.42 Å². The Morgan fingerprint density at radius 1 is 1.75 bits per heavy atom. The third-order valence-electron chi connectivity index (χ3n) is 2.44. The number of hydrogen-bond acceptors (Lipinski definition) is 4. The monoisotopic (exact) mass is 220 g/mol. The summed E-state index contributed by atoms with van der Waals surface area (Å²) in [5.41, 5.74) is -0.0900. The van der Waals surface area contributed by atoms with E-state index >= 15 is 0 Å². The maximum atomic E-state index is 10.6. The minimum absolute atomic E-state index is 0.0900. The van der Waals surface area contributed by atoms with E-state index in [1.165, 1.54) is 12.8 Å². The lowest BCUT2D eigenvalue weighted by atomic mass is 10.4. The van der Waals surface area contributed by atoms with Crippen molar-refractivity contribution in [2.24, 2.45) is 5.92 Å². The molecule has 0 radical (unpaired) electrons. The van der Waals surface area contributed by atoms with Gasteiger partial charge in [0.15, 0.2) is 5.69 Å². The van der Waals surface area contributed by atoms with Crippen LogP contribution in [0.5, 0.6) is 0 Å². The summed E-state index contributed by atoms with van der Waals surface area (Å²) in [4.78, 5) is 16.3. The molecule has 0 spiro atoms. The molecule has 1 aromatic rings. The number of anilines is 1. The minimum Gasteiger partial charge on any atom is -0.476 e. The average Bonchev–Trinajstić information content (AvgIpc) is 2.92. The summed E-state index contributed by atoms with van der Waals surface area (Å²) in [7, 11) is 0. The second kappa shape index (κ2) is 4.27. The predicted octanol–water partition coefficient (Wildman–Crippen LogP) is 1.22. The molecule has 2 rings (SSSR count). The Balaban J connectivity index is 2.10. The first-order valence-corrected chi connectivity index (χ1v) is 5.08. The van der Waals surface area contributed by atoms with E-state index in [1.807, 2.05) is 0 Å². The second-order valence-electron chi connectivity index (χ2n) is 3.85. The SMILES string of the molecule is C#CCN(CC1CC1)c1nc(C(=O)O)co1. The van der Waals surface area contributed by atoms with Crippen LogP contribution in [0.1, 0.15) is 23.3 Å². The number of oxazole rings is 1. The number of hydrogen-bond donors (Lipinski definition) is 1. The Hall–Kier alpha value is -1.96. The first-order chi connectivity index (χ1) is 7.70. The van der Waals surface area contributed by atoms with Crippen molar-refractivity contribution in [2.45, 2.75) is 12.8 Å². The molecule has 1 saturated carbocycles. The molecular weight excluding hydrogens is 208 g/mol. The van der Waals surface area contributed by atoms with Gasteiger partial charge < -0.3 is 14.4 Å². The first-order valence-electron chi connectivity index (χ1n) is 5.08. The van der Waals surface area contributed by atoms with Gasteiger partial charge in [0.05, 0.1) is 6.54 Å². The van der Waals surface area contributed by atoms with Crippen LogP contribution < -0.4 is 4.90 Å². The van der Waals surface area contributed by atoms with Crippen molar-refractivity contribution >= 4 is 12.0 Å². The Labute approximate surface area is 93.1 Å². The quantitative estimate of drug-likeness (QED) is 0.756. The first kappa shape index (κ1) is 10.6. The fourth-order valence-corrected chi connectivity index (χ4v) is 1.44. The molecule has 0 bridgehead atoms. The highest BCUT2D eigenvalue weighted by Crippen LogP contribution is 2.31. The topological polar surface area (TPSA) is 66.6 Å². The average molecular weight is 220 g/mol. The van der Waals surface area contributed by atoms with Gasteiger partial charge in [0.1, 0.15) is 6.26 Å². The van der Waals surface area contributed by atoms with E-state index in [0.29, 0.717) is 18.5 Å². The number of aromatic nitrogens is 1. The van der Waals surface area contributed by atoms with Gasteiger partial charge in [-0.25, -0.2) is 4.79 Å². The van der Waals surface area contributed by atoms with Crippen molar-refractivity contribution in [3.8, 4) is 12.3 Å². The summed E-state index contributed by atoms with van der Waals surface area (Å²) in [5.74, 6) is 2.05. The molecule has 0 atom stereocenters. The number of carbonyl (C=O) groups is 1. The maximum Gasteiger partial charge on any atom is 0.357 e. The van der Waals surface area contributed by atoms with Crippen LogP contribution >= 0.6 is 0 Å². The van der Waals surface area contributed by atoms with E-state index in [-0.39, 0.29) is 5.69 Å². The van der Waals surface area contributed by atoms with Gasteiger partial charge in [0.2, 0.25) is 0 Å². The van der Waals surface area contributed by atoms with Gasteiger partial charge in [0.25, 0.3) is 6.01 Å². The summed E-state index contributed by atoms with van der Waals surface area (Å²) in [6, 6.07) is 0.294. The summed E-state index contributed by atoms with van der Waals surface area (Å²) in [5, 5.41) is 8.72. The summed E-state index contributed by atoms with van der Waals surface area (Å²) in [6.07, 6.45) is 8.76. The highest BCUT2D eigenvalue weighted by atomic mass is 16.4. The molecule has 1 aliphatic carbocycles. The number of terminal acetylenes is 1. The van der Waals surface area contributed by atoms with E-state index in [0.717, 1.165) is 12.8 Å². The van der Waals surface area contributed by atoms with Crippen LogP contribution in [0.25, 0.3) is 0 Å². The molecular formula is C11H12N2O3. The lowest BCUT2D eigenvalue weighted by Gasteiger charge is -2.16. The molecule has 0 amide bonds. The number of rotatable bonds is 5. The van der Waals surface area contributed by atoms with Crippen molar-refractivity contribution in [3.05, 3.63) is 12.0 Å². The molecule has 0 saturated heterocycles. The summed E-state index contributed by atoms with van der Waals surface area (Å²) < 4.78 is 5.11. The van der Waals surface area contributed by atoms with Crippen molar-refractivity contribution < 1.29 is 14.3 Å². The molecule has 1 N–H and O–H groups in total. The van der Waals surface area contributed by atoms with Crippen LogP contribution in [-0.2, 0) is 0 Å². The van der Waals surface area contributed by atoms with E-state index in [4.69, 9.17) is 15.9 Å². The Morgan fingerprint density at radius 3 is 3.00 bits per heavy atom. The third kappa shape index (κ3) is 2.34. The summed E-state index contributed by atoms with van der Waals surface area (Å²) >= 11 is 0. The van der Waals surface area contributed by atoms with Gasteiger partial charge in [-0.2, -0.15) is 4.98 Å². The molecule has 0 aromatic carbocycles. The third-order valence-corrected chi connectivity index (χ3v) is 2.44. The van der Waals surface area contributed by atoms with E-state index in [9.17, 15) is 4.79 Å². The van der Waals surface area contributed by atoms with Gasteiger partial charge in [-0.1, -0.05) is 5.92 Å². The zero-order valence-corrected chi connectivity index (χ0v) is 8.72. The van der Waals surface area contributed by atoms with Crippen LogP contribution in [0.15, 0.2) is 10.7 Å². The van der Waals surface area contributed by atoms with Crippen LogP contribution in [-0.4, -0.2) is 29.1 Å². The fraction of sp³-hybridized carbons (Fsp3) is 0.455. The largest absolute Gasteiger partial charge is 0.476 e. The molecule has 0 unspecified atom stereocenters. The normalized spacial score (nSPS) is 14.4. The van der Waals surface area contributed by atoms with Gasteiger partial charge in [-0.05, 0) is 18.8 Å². The highest BCUT2D eigenvalue weighted by molar-refractivity contribution is 5.85. The second-order valence-corrected chi connectivity index (χ2v) is 3.85. The zero-order chi connectivity index (χ0) is 11.5. The lowest BCUT2D eigenvalue weighted by Crippen LogP contribution is -2.26. The number of carboxylic acids is 1. The number of nitrogens with zero attached hydrogens (tertiary/aromatic N) is 2. The molecule has 5 nitrogen and oxygen atoms in total. The standard InChI is InChI=1S/C11H12N2O3/c1-2-5-13(6-8-3-4-8)11-12-9(7-16-11)10(14)15/h1,7-8H,3-6H2,(H,14,15). The Bertz CT molecular complexity index is 429. The minimum atomic E-state index is -1.10. The number of carboxylic acid groups (broad SMARTS) is 1. The van der Waals surface area contributed by atoms with E-state index in [1.54, 1.807) is 4.90 Å². The zero-order valence-electron chi connectivity index (χ0n) is 8.72. The lowest BCUT2D eigenvalue weighted by molar-refractivity contribution is 0.0690. The Morgan fingerprint density at radius 2 is 2.50 bits per heavy atom. The van der Waals surface area contributed by atoms with Crippen LogP contribution in [0.2, 0.25) is 0 Å². The Kier molecular flexibility index (Phi) is 2.82. The van der Waals surface area contributed by atoms with Gasteiger partial charge >= 0.3 is 5.97 Å². The fourth-order valence-electron chi connectivity index (χ4n) is 1.44. The molecule has 1 aromatic heterocycles. The number of aromatic carboxylic acids is 1. The van der Waals surface area contributed by atoms with Gasteiger partial charge in [0, 0.05) is 6.54 Å².